The van der Waals surface area contributed by atoms with E-state index in [1.54, 1.807) is 0 Å². The molecule has 4 nitrogen and oxygen atoms in total. The quantitative estimate of drug-likeness (QED) is 0.281. The van der Waals surface area contributed by atoms with E-state index in [9.17, 15) is 10.1 Å². The van der Waals surface area contributed by atoms with Crippen molar-refractivity contribution in [1.29, 1.82) is 5.26 Å². The molecule has 1 unspecified atom stereocenters. The van der Waals surface area contributed by atoms with E-state index in [2.05, 4.69) is 17.5 Å². The minimum Gasteiger partial charge on any atom is -0.325 e. The molecule has 0 spiro atoms. The van der Waals surface area contributed by atoms with Crippen LogP contribution in [0, 0.1) is 25.2 Å². The van der Waals surface area contributed by atoms with Crippen LogP contribution in [0.1, 0.15) is 30.0 Å². The second-order valence-corrected chi connectivity index (χ2v) is 9.59. The molecule has 4 rings (SSSR count). The van der Waals surface area contributed by atoms with Gasteiger partial charge < -0.3 is 5.32 Å². The van der Waals surface area contributed by atoms with Crippen LogP contribution in [0.5, 0.6) is 0 Å². The number of aromatic nitrogens is 1. The topological polar surface area (TPSA) is 65.8 Å². The van der Waals surface area contributed by atoms with Gasteiger partial charge in [0.2, 0.25) is 5.91 Å². The molecule has 1 amide bonds. The van der Waals surface area contributed by atoms with Crippen LogP contribution in [-0.4, -0.2) is 16.1 Å². The minimum absolute atomic E-state index is 0.0958. The molecule has 0 aliphatic carbocycles. The molecule has 1 N–H and O–H groups in total. The van der Waals surface area contributed by atoms with Gasteiger partial charge in [0.1, 0.15) is 11.1 Å². The second kappa shape index (κ2) is 11.0. The highest BCUT2D eigenvalue weighted by atomic mass is 32.2. The van der Waals surface area contributed by atoms with Crippen LogP contribution in [0.3, 0.4) is 0 Å². The van der Waals surface area contributed by atoms with Crippen molar-refractivity contribution in [3.05, 3.63) is 102 Å². The monoisotopic (exact) mass is 477 g/mol. The van der Waals surface area contributed by atoms with E-state index in [-0.39, 0.29) is 5.91 Å². The lowest BCUT2D eigenvalue weighted by molar-refractivity contribution is -0.115. The Bertz CT molecular complexity index is 1380. The van der Waals surface area contributed by atoms with E-state index in [1.807, 2.05) is 99.6 Å². The maximum atomic E-state index is 13.3. The Hall–Kier alpha value is -3.88. The van der Waals surface area contributed by atoms with Crippen LogP contribution in [0.15, 0.2) is 90.0 Å². The number of anilines is 1. The average Bonchev–Trinajstić information content (AvgIpc) is 2.89. The van der Waals surface area contributed by atoms with Gasteiger partial charge in [-0.1, -0.05) is 97.0 Å². The molecule has 0 bridgehead atoms. The maximum Gasteiger partial charge on any atom is 0.237 e. The molecule has 0 saturated carbocycles. The van der Waals surface area contributed by atoms with Crippen molar-refractivity contribution in [2.45, 2.75) is 37.5 Å². The van der Waals surface area contributed by atoms with E-state index < -0.39 is 5.25 Å². The van der Waals surface area contributed by atoms with Crippen molar-refractivity contribution in [1.82, 2.24) is 4.98 Å². The first-order valence-electron chi connectivity index (χ1n) is 11.6. The highest BCUT2D eigenvalue weighted by Crippen LogP contribution is 2.36. The lowest BCUT2D eigenvalue weighted by atomic mass is 9.99. The fourth-order valence-corrected chi connectivity index (χ4v) is 4.97. The Labute approximate surface area is 211 Å². The standard InChI is InChI=1S/C30H27N3OS/c1-4-28(29(34)32-26-16-15-20(2)17-21(26)3)35-30-25(19-31)24(22-11-7-5-8-12-22)18-27(33-30)23-13-9-6-10-14-23/h5-18,28H,4H2,1-3H3,(H,32,34). The first-order valence-corrected chi connectivity index (χ1v) is 12.5. The molecule has 5 heteroatoms. The van der Waals surface area contributed by atoms with Crippen LogP contribution in [0.4, 0.5) is 5.69 Å². The number of nitrogens with one attached hydrogen (secondary N) is 1. The van der Waals surface area contributed by atoms with Crippen molar-refractivity contribution in [2.75, 3.05) is 5.32 Å². The Morgan fingerprint density at radius 2 is 1.63 bits per heavy atom. The van der Waals surface area contributed by atoms with Crippen molar-refractivity contribution in [3.8, 4) is 28.5 Å². The van der Waals surface area contributed by atoms with Crippen molar-refractivity contribution >= 4 is 23.4 Å². The number of pyridine rings is 1. The van der Waals surface area contributed by atoms with Gasteiger partial charge >= 0.3 is 0 Å². The second-order valence-electron chi connectivity index (χ2n) is 8.40. The number of hydrogen-bond donors (Lipinski definition) is 1. The molecule has 0 aliphatic rings. The van der Waals surface area contributed by atoms with Gasteiger partial charge in [-0.25, -0.2) is 4.98 Å². The van der Waals surface area contributed by atoms with Gasteiger partial charge in [-0.05, 0) is 43.5 Å². The zero-order valence-electron chi connectivity index (χ0n) is 20.1. The summed E-state index contributed by atoms with van der Waals surface area (Å²) in [5.41, 5.74) is 6.95. The Morgan fingerprint density at radius 3 is 2.23 bits per heavy atom. The van der Waals surface area contributed by atoms with Crippen LogP contribution in [-0.2, 0) is 4.79 Å². The molecular formula is C30H27N3OS. The number of hydrogen-bond acceptors (Lipinski definition) is 4. The van der Waals surface area contributed by atoms with Gasteiger partial charge in [0.15, 0.2) is 0 Å². The van der Waals surface area contributed by atoms with Crippen LogP contribution in [0.2, 0.25) is 0 Å². The molecule has 35 heavy (non-hydrogen) atoms. The predicted molar refractivity (Wildman–Crippen MR) is 144 cm³/mol. The van der Waals surface area contributed by atoms with Gasteiger partial charge in [-0.15, -0.1) is 0 Å². The number of nitriles is 1. The number of amides is 1. The molecule has 3 aromatic carbocycles. The van der Waals surface area contributed by atoms with E-state index in [1.165, 1.54) is 11.8 Å². The number of nitrogens with zero attached hydrogens (tertiary/aromatic N) is 2. The lowest BCUT2D eigenvalue weighted by Gasteiger charge is -2.18. The third-order valence-electron chi connectivity index (χ3n) is 5.81. The summed E-state index contributed by atoms with van der Waals surface area (Å²) in [7, 11) is 0. The number of carbonyl (C=O) groups excluding carboxylic acids is 1. The number of benzene rings is 3. The third-order valence-corrected chi connectivity index (χ3v) is 7.16. The summed E-state index contributed by atoms with van der Waals surface area (Å²) in [4.78, 5) is 18.1. The largest absolute Gasteiger partial charge is 0.325 e. The van der Waals surface area contributed by atoms with Crippen molar-refractivity contribution in [3.63, 3.8) is 0 Å². The fourth-order valence-electron chi connectivity index (χ4n) is 3.94. The molecular weight excluding hydrogens is 450 g/mol. The zero-order valence-corrected chi connectivity index (χ0v) is 20.9. The maximum absolute atomic E-state index is 13.3. The number of carbonyl (C=O) groups is 1. The lowest BCUT2D eigenvalue weighted by Crippen LogP contribution is -2.25. The molecule has 1 atom stereocenters. The summed E-state index contributed by atoms with van der Waals surface area (Å²) >= 11 is 1.35. The molecule has 174 valence electrons. The average molecular weight is 478 g/mol. The molecule has 1 aromatic heterocycles. The first kappa shape index (κ1) is 24.3. The van der Waals surface area contributed by atoms with E-state index in [0.717, 1.165) is 39.2 Å². The van der Waals surface area contributed by atoms with Gasteiger partial charge in [-0.3, -0.25) is 4.79 Å². The van der Waals surface area contributed by atoms with Crippen molar-refractivity contribution in [2.24, 2.45) is 0 Å². The molecule has 4 aromatic rings. The number of rotatable bonds is 7. The van der Waals surface area contributed by atoms with Gasteiger partial charge in [-0.2, -0.15) is 5.26 Å². The van der Waals surface area contributed by atoms with Crippen LogP contribution < -0.4 is 5.32 Å². The van der Waals surface area contributed by atoms with E-state index in [4.69, 9.17) is 4.98 Å². The fraction of sp³-hybridized carbons (Fsp3) is 0.167. The summed E-state index contributed by atoms with van der Waals surface area (Å²) in [5.74, 6) is -0.0958. The Kier molecular flexibility index (Phi) is 7.64. The zero-order chi connectivity index (χ0) is 24.8. The van der Waals surface area contributed by atoms with Gasteiger partial charge in [0.05, 0.1) is 16.5 Å². The Balaban J connectivity index is 1.74. The summed E-state index contributed by atoms with van der Waals surface area (Å²) < 4.78 is 0. The van der Waals surface area contributed by atoms with E-state index in [0.29, 0.717) is 17.0 Å². The Morgan fingerprint density at radius 1 is 0.971 bits per heavy atom. The highest BCUT2D eigenvalue weighted by molar-refractivity contribution is 8.00. The smallest absolute Gasteiger partial charge is 0.237 e. The summed E-state index contributed by atoms with van der Waals surface area (Å²) in [6.07, 6.45) is 0.601. The van der Waals surface area contributed by atoms with Crippen LogP contribution >= 0.6 is 11.8 Å². The number of thioether (sulfide) groups is 1. The van der Waals surface area contributed by atoms with Gasteiger partial charge in [0.25, 0.3) is 0 Å². The SMILES string of the molecule is CCC(Sc1nc(-c2ccccc2)cc(-c2ccccc2)c1C#N)C(=O)Nc1ccc(C)cc1C. The van der Waals surface area contributed by atoms with Gasteiger partial charge in [0, 0.05) is 16.8 Å². The van der Waals surface area contributed by atoms with Crippen molar-refractivity contribution < 1.29 is 4.79 Å². The minimum atomic E-state index is -0.398. The molecule has 0 fully saturated rings. The summed E-state index contributed by atoms with van der Waals surface area (Å²) in [6.45, 7) is 5.99. The molecule has 0 radical (unpaired) electrons. The van der Waals surface area contributed by atoms with Crippen LogP contribution in [0.25, 0.3) is 22.4 Å². The molecule has 0 aliphatic heterocycles. The number of aryl methyl sites for hydroxylation is 2. The third kappa shape index (κ3) is 5.62. The predicted octanol–water partition coefficient (Wildman–Crippen LogP) is 7.41. The van der Waals surface area contributed by atoms with E-state index >= 15 is 0 Å². The molecule has 0 saturated heterocycles. The summed E-state index contributed by atoms with van der Waals surface area (Å²) in [5, 5.41) is 13.4. The summed E-state index contributed by atoms with van der Waals surface area (Å²) in [6, 6.07) is 30.0. The normalized spacial score (nSPS) is 11.5. The highest BCUT2D eigenvalue weighted by Gasteiger charge is 2.24. The molecule has 1 heterocycles. The first-order chi connectivity index (χ1) is 17.0.